The van der Waals surface area contributed by atoms with Crippen molar-refractivity contribution in [3.05, 3.63) is 61.7 Å². The Bertz CT molecular complexity index is 431. The molecule has 0 spiro atoms. The number of methoxy groups -OCH3 is 1. The molecule has 1 nitrogen and oxygen atoms in total. The Hall–Kier alpha value is -0.740. The molecule has 0 atom stereocenters. The molecule has 0 bridgehead atoms. The first-order valence-electron chi connectivity index (χ1n) is 4.73. The van der Waals surface area contributed by atoms with Crippen molar-refractivity contribution in [2.24, 2.45) is 0 Å². The van der Waals surface area contributed by atoms with Gasteiger partial charge in [0.2, 0.25) is 3.57 Å². The Labute approximate surface area is 113 Å². The topological polar surface area (TPSA) is 9.23 Å². The van der Waals surface area contributed by atoms with Crippen LogP contribution in [0.3, 0.4) is 0 Å². The van der Waals surface area contributed by atoms with Crippen molar-refractivity contribution in [2.45, 2.75) is 0 Å². The second-order valence-electron chi connectivity index (χ2n) is 3.02. The number of ether oxygens (including phenoxy) is 1. The monoisotopic (exact) mass is 346 g/mol. The van der Waals surface area contributed by atoms with Crippen molar-refractivity contribution in [3.8, 4) is 5.75 Å². The van der Waals surface area contributed by atoms with Gasteiger partial charge in [-0.2, -0.15) is 0 Å². The fourth-order valence-electron chi connectivity index (χ4n) is 1.28. The minimum atomic E-state index is -0.124. The predicted molar refractivity (Wildman–Crippen MR) is 56.8 cm³/mol. The highest BCUT2D eigenvalue weighted by Crippen LogP contribution is 2.06. The SMILES string of the molecule is COc1ccccc1[I+]c1ccccc1.[Cl-]. The van der Waals surface area contributed by atoms with Gasteiger partial charge in [-0.1, -0.05) is 30.3 Å². The van der Waals surface area contributed by atoms with Crippen LogP contribution in [0.5, 0.6) is 5.75 Å². The maximum Gasteiger partial charge on any atom is 0.362 e. The lowest BCUT2D eigenvalue weighted by Gasteiger charge is -1.97. The minimum Gasteiger partial charge on any atom is -1.00 e. The second kappa shape index (κ2) is 6.76. The van der Waals surface area contributed by atoms with Crippen molar-refractivity contribution in [3.63, 3.8) is 0 Å². The molecule has 0 saturated heterocycles. The number of hydrogen-bond acceptors (Lipinski definition) is 1. The molecule has 0 heterocycles. The van der Waals surface area contributed by atoms with Gasteiger partial charge in [0.25, 0.3) is 0 Å². The molecule has 16 heavy (non-hydrogen) atoms. The zero-order valence-corrected chi connectivity index (χ0v) is 11.8. The number of benzene rings is 2. The summed E-state index contributed by atoms with van der Waals surface area (Å²) in [5, 5.41) is 0. The quantitative estimate of drug-likeness (QED) is 0.533. The molecule has 0 aliphatic carbocycles. The molecule has 0 unspecified atom stereocenters. The Morgan fingerprint density at radius 2 is 1.50 bits per heavy atom. The van der Waals surface area contributed by atoms with E-state index in [1.54, 1.807) is 7.11 Å². The van der Waals surface area contributed by atoms with E-state index in [1.807, 2.05) is 12.1 Å². The average Bonchev–Trinajstić information content (AvgIpc) is 2.31. The van der Waals surface area contributed by atoms with Gasteiger partial charge < -0.3 is 17.1 Å². The van der Waals surface area contributed by atoms with E-state index in [2.05, 4.69) is 42.5 Å². The highest BCUT2D eigenvalue weighted by molar-refractivity contribution is 5.20. The molecule has 2 rings (SSSR count). The summed E-state index contributed by atoms with van der Waals surface area (Å²) in [6, 6.07) is 18.8. The van der Waals surface area contributed by atoms with Crippen LogP contribution < -0.4 is 38.3 Å². The highest BCUT2D eigenvalue weighted by Gasteiger charge is 2.19. The first kappa shape index (κ1) is 13.3. The van der Waals surface area contributed by atoms with E-state index in [9.17, 15) is 0 Å². The van der Waals surface area contributed by atoms with Gasteiger partial charge >= 0.3 is 21.2 Å². The van der Waals surface area contributed by atoms with Gasteiger partial charge in [-0.05, 0) is 24.3 Å². The van der Waals surface area contributed by atoms with Crippen LogP contribution in [-0.4, -0.2) is 7.11 Å². The molecule has 2 aromatic carbocycles. The Balaban J connectivity index is 0.00000128. The third-order valence-electron chi connectivity index (χ3n) is 2.00. The van der Waals surface area contributed by atoms with Gasteiger partial charge in [-0.25, -0.2) is 0 Å². The molecular formula is C13H12ClIO. The molecule has 0 saturated carbocycles. The van der Waals surface area contributed by atoms with Crippen molar-refractivity contribution in [1.82, 2.24) is 0 Å². The average molecular weight is 347 g/mol. The molecule has 0 aliphatic heterocycles. The molecule has 0 fully saturated rings. The molecule has 0 aliphatic rings. The molecule has 0 amide bonds. The van der Waals surface area contributed by atoms with Crippen molar-refractivity contribution in [2.75, 3.05) is 7.11 Å². The van der Waals surface area contributed by atoms with E-state index in [-0.39, 0.29) is 33.6 Å². The summed E-state index contributed by atoms with van der Waals surface area (Å²) in [7, 11) is 1.73. The van der Waals surface area contributed by atoms with Crippen LogP contribution in [0, 0.1) is 7.14 Å². The predicted octanol–water partition coefficient (Wildman–Crippen LogP) is -3.17. The van der Waals surface area contributed by atoms with Gasteiger partial charge in [0.05, 0.1) is 7.11 Å². The second-order valence-corrected chi connectivity index (χ2v) is 5.97. The maximum atomic E-state index is 5.35. The van der Waals surface area contributed by atoms with Crippen molar-refractivity contribution in [1.29, 1.82) is 0 Å². The maximum absolute atomic E-state index is 5.35. The minimum absolute atomic E-state index is 0. The molecule has 2 aromatic rings. The van der Waals surface area contributed by atoms with E-state index in [0.29, 0.717) is 0 Å². The summed E-state index contributed by atoms with van der Waals surface area (Å²) >= 11 is -0.124. The molecule has 0 N–H and O–H groups in total. The Kier molecular flexibility index (Phi) is 5.63. The first-order chi connectivity index (χ1) is 7.40. The molecule has 3 heteroatoms. The number of rotatable bonds is 3. The van der Waals surface area contributed by atoms with E-state index in [0.717, 1.165) is 5.75 Å². The van der Waals surface area contributed by atoms with Gasteiger partial charge in [0.15, 0.2) is 9.32 Å². The fourth-order valence-corrected chi connectivity index (χ4v) is 3.78. The number of para-hydroxylation sites is 1. The standard InChI is InChI=1S/C13H12IO.ClH/c1-15-13-10-6-5-9-12(13)14-11-7-3-2-4-8-11;/h2-10H,1H3;1H/q+1;/p-1. The van der Waals surface area contributed by atoms with Gasteiger partial charge in [0, 0.05) is 0 Å². The largest absolute Gasteiger partial charge is 1.00 e. The number of hydrogen-bond donors (Lipinski definition) is 0. The van der Waals surface area contributed by atoms with Crippen LogP contribution in [0.25, 0.3) is 0 Å². The zero-order valence-electron chi connectivity index (χ0n) is 8.86. The zero-order chi connectivity index (χ0) is 10.5. The van der Waals surface area contributed by atoms with Gasteiger partial charge in [-0.3, -0.25) is 0 Å². The van der Waals surface area contributed by atoms with Crippen molar-refractivity contribution >= 4 is 0 Å². The highest BCUT2D eigenvalue weighted by atomic mass is 127. The molecule has 0 radical (unpaired) electrons. The summed E-state index contributed by atoms with van der Waals surface area (Å²) in [5.41, 5.74) is 0. The molecule has 0 aromatic heterocycles. The summed E-state index contributed by atoms with van der Waals surface area (Å²) in [6.07, 6.45) is 0. The summed E-state index contributed by atoms with van der Waals surface area (Å²) in [6.45, 7) is 0. The Morgan fingerprint density at radius 1 is 0.875 bits per heavy atom. The van der Waals surface area contributed by atoms with E-state index in [4.69, 9.17) is 4.74 Å². The Morgan fingerprint density at radius 3 is 2.19 bits per heavy atom. The van der Waals surface area contributed by atoms with E-state index < -0.39 is 0 Å². The van der Waals surface area contributed by atoms with E-state index >= 15 is 0 Å². The first-order valence-corrected chi connectivity index (χ1v) is 6.89. The molecule has 84 valence electrons. The van der Waals surface area contributed by atoms with Crippen LogP contribution in [0.15, 0.2) is 54.6 Å². The lowest BCUT2D eigenvalue weighted by Crippen LogP contribution is -3.61. The smallest absolute Gasteiger partial charge is 0.362 e. The van der Waals surface area contributed by atoms with Crippen LogP contribution in [0.1, 0.15) is 0 Å². The third-order valence-corrected chi connectivity index (χ3v) is 4.81. The number of halogens is 2. The lowest BCUT2D eigenvalue weighted by atomic mass is 10.3. The summed E-state index contributed by atoms with van der Waals surface area (Å²) < 4.78 is 8.10. The normalized spacial score (nSPS) is 9.31. The van der Waals surface area contributed by atoms with Crippen LogP contribution in [0.4, 0.5) is 0 Å². The summed E-state index contributed by atoms with van der Waals surface area (Å²) in [4.78, 5) is 0. The molecular weight excluding hydrogens is 334 g/mol. The van der Waals surface area contributed by atoms with Crippen LogP contribution >= 0.6 is 0 Å². The van der Waals surface area contributed by atoms with Gasteiger partial charge in [0.1, 0.15) is 0 Å². The third kappa shape index (κ3) is 3.39. The van der Waals surface area contributed by atoms with Gasteiger partial charge in [-0.15, -0.1) is 0 Å². The van der Waals surface area contributed by atoms with Crippen molar-refractivity contribution < 1.29 is 38.3 Å². The van der Waals surface area contributed by atoms with Crippen LogP contribution in [0.2, 0.25) is 0 Å². The lowest BCUT2D eigenvalue weighted by molar-refractivity contribution is -0.598. The fraction of sp³-hybridized carbons (Fsp3) is 0.0769. The summed E-state index contributed by atoms with van der Waals surface area (Å²) in [5.74, 6) is 1.01. The van der Waals surface area contributed by atoms with Crippen LogP contribution in [-0.2, 0) is 0 Å². The van der Waals surface area contributed by atoms with E-state index in [1.165, 1.54) is 7.14 Å².